The zero-order valence-corrected chi connectivity index (χ0v) is 68.0. The summed E-state index contributed by atoms with van der Waals surface area (Å²) in [5.74, 6) is -13.3. The fourth-order valence-corrected chi connectivity index (χ4v) is 15.4. The molecular weight excluding hydrogens is 1530 g/mol. The number of guanidine groups is 1. The maximum absolute atomic E-state index is 14.9. The fourth-order valence-electron chi connectivity index (χ4n) is 15.4. The summed E-state index contributed by atoms with van der Waals surface area (Å²) >= 11 is 0. The molecule has 646 valence electrons. The van der Waals surface area contributed by atoms with Gasteiger partial charge in [-0.15, -0.1) is 0 Å². The van der Waals surface area contributed by atoms with Gasteiger partial charge < -0.3 is 115 Å². The number of nitrogens with one attached hydrogen (secondary N) is 13. The zero-order valence-electron chi connectivity index (χ0n) is 68.0. The topological polar surface area (TPSA) is 571 Å². The van der Waals surface area contributed by atoms with Crippen LogP contribution in [0.15, 0.2) is 65.8 Å². The largest absolute Gasteiger partial charge is 0.480 e. The van der Waals surface area contributed by atoms with Gasteiger partial charge in [-0.3, -0.25) is 76.9 Å². The molecule has 15 amide bonds. The number of carboxylic acids is 1. The van der Waals surface area contributed by atoms with Crippen molar-refractivity contribution < 1.29 is 92.0 Å². The summed E-state index contributed by atoms with van der Waals surface area (Å²) in [7, 11) is 0. The lowest BCUT2D eigenvalue weighted by Crippen LogP contribution is -2.62. The van der Waals surface area contributed by atoms with Crippen LogP contribution in [-0.2, 0) is 89.6 Å². The van der Waals surface area contributed by atoms with Crippen LogP contribution >= 0.6 is 0 Å². The van der Waals surface area contributed by atoms with E-state index in [0.29, 0.717) is 60.7 Å². The first-order valence-corrected chi connectivity index (χ1v) is 40.5. The number of aromatic nitrogens is 1. The number of carbonyl (C=O) groups is 16. The van der Waals surface area contributed by atoms with E-state index in [9.17, 15) is 92.0 Å². The Morgan fingerprint density at radius 2 is 0.975 bits per heavy atom. The number of likely N-dealkylation sites (tertiary alicyclic amines) is 4. The van der Waals surface area contributed by atoms with Gasteiger partial charge in [0.05, 0.1) is 24.8 Å². The van der Waals surface area contributed by atoms with E-state index in [1.807, 2.05) is 0 Å². The number of aliphatic hydroxyl groups excluding tert-OH is 2. The molecule has 17 atom stereocenters. The highest BCUT2D eigenvalue weighted by molar-refractivity contribution is 6.01. The minimum absolute atomic E-state index is 0.0114. The van der Waals surface area contributed by atoms with E-state index in [1.165, 1.54) is 56.2 Å². The van der Waals surface area contributed by atoms with Crippen molar-refractivity contribution in [3.05, 3.63) is 71.9 Å². The Morgan fingerprint density at radius 1 is 0.475 bits per heavy atom. The quantitative estimate of drug-likeness (QED) is 0.0146. The normalized spacial score (nSPS) is 20.8. The van der Waals surface area contributed by atoms with Crippen molar-refractivity contribution in [2.45, 2.75) is 255 Å². The van der Waals surface area contributed by atoms with E-state index in [1.54, 1.807) is 74.6 Å². The Labute approximate surface area is 683 Å². The number of fused-ring (bicyclic) bond motifs is 1. The van der Waals surface area contributed by atoms with Crippen molar-refractivity contribution in [3.8, 4) is 0 Å². The molecular formula is C79H116N20O19. The van der Waals surface area contributed by atoms with Gasteiger partial charge >= 0.3 is 5.97 Å². The van der Waals surface area contributed by atoms with Crippen LogP contribution in [-0.4, -0.2) is 289 Å². The predicted molar refractivity (Wildman–Crippen MR) is 427 cm³/mol. The van der Waals surface area contributed by atoms with Gasteiger partial charge in [0.15, 0.2) is 5.96 Å². The van der Waals surface area contributed by atoms with Crippen LogP contribution in [0.1, 0.15) is 150 Å². The third-order valence-corrected chi connectivity index (χ3v) is 21.8. The Hall–Kier alpha value is -11.4. The van der Waals surface area contributed by atoms with Crippen LogP contribution in [0.3, 0.4) is 0 Å². The first kappa shape index (κ1) is 92.2. The van der Waals surface area contributed by atoms with Gasteiger partial charge in [-0.1, -0.05) is 62.4 Å². The van der Waals surface area contributed by atoms with E-state index in [2.05, 4.69) is 73.8 Å². The molecule has 8 rings (SSSR count). The molecule has 5 fully saturated rings. The zero-order chi connectivity index (χ0) is 86.4. The number of carbonyl (C=O) groups excluding carboxylic acids is 15. The highest BCUT2D eigenvalue weighted by Gasteiger charge is 2.45. The van der Waals surface area contributed by atoms with Crippen molar-refractivity contribution in [2.75, 3.05) is 45.8 Å². The molecule has 0 radical (unpaired) electrons. The summed E-state index contributed by atoms with van der Waals surface area (Å²) < 4.78 is 0. The average molecular weight is 1650 g/mol. The number of H-pyrrole nitrogens is 1. The number of amides is 15. The molecule has 1 aromatic heterocycles. The molecule has 5 aliphatic heterocycles. The number of hydrogen-bond acceptors (Lipinski definition) is 20. The molecule has 3 aromatic rings. The van der Waals surface area contributed by atoms with Crippen LogP contribution in [0, 0.1) is 5.92 Å². The van der Waals surface area contributed by atoms with Crippen LogP contribution in [0.4, 0.5) is 0 Å². The Morgan fingerprint density at radius 3 is 1.54 bits per heavy atom. The van der Waals surface area contributed by atoms with E-state index < -0.39 is 198 Å². The molecule has 2 aromatic carbocycles. The summed E-state index contributed by atoms with van der Waals surface area (Å²) in [4.78, 5) is 234. The molecule has 0 spiro atoms. The SMILES string of the molecule is CC(C)C[C@H](NC(=O)[C@H](Cc1c[nH]c2ccccc12)NC(=O)[C@@H]1CCCN1C(=O)[C@@H](NC(=O)CNC(=O)[C@H](C)NC(=O)[C@@H]1CCCN1C(=O)[C@H](C)NC(=O)[C@@H]1CCCN1)[C@@H](C)O)C(=O)N[C@H](C(=O)N[C@@H](C)C(=O)N[C@@H](CCCN=C(N)N)C(=O)N1CCC[C@H]1C(=O)N[C@@H](C)C(=O)N[C@@H](Cc1ccccc1)C(=O)N1CCC[C@H]1C(=O)O)[C@@H](C)O. The molecule has 0 unspecified atom stereocenters. The van der Waals surface area contributed by atoms with Crippen LogP contribution in [0.5, 0.6) is 0 Å². The van der Waals surface area contributed by atoms with Crippen molar-refractivity contribution in [1.82, 2.24) is 88.4 Å². The molecule has 5 saturated heterocycles. The molecule has 5 aliphatic rings. The molecule has 20 N–H and O–H groups in total. The fraction of sp³-hybridized carbons (Fsp3) is 0.608. The number of aromatic amines is 1. The first-order chi connectivity index (χ1) is 56.0. The number of para-hydroxylation sites is 1. The van der Waals surface area contributed by atoms with E-state index in [0.717, 1.165) is 11.3 Å². The number of aliphatic carboxylic acids is 1. The van der Waals surface area contributed by atoms with Crippen molar-refractivity contribution in [1.29, 1.82) is 0 Å². The van der Waals surface area contributed by atoms with Crippen LogP contribution in [0.2, 0.25) is 0 Å². The summed E-state index contributed by atoms with van der Waals surface area (Å²) in [5, 5.41) is 64.3. The minimum atomic E-state index is -1.79. The number of benzene rings is 2. The maximum atomic E-state index is 14.9. The van der Waals surface area contributed by atoms with Crippen molar-refractivity contribution in [2.24, 2.45) is 22.4 Å². The summed E-state index contributed by atoms with van der Waals surface area (Å²) in [6.07, 6.45) is 1.93. The average Bonchev–Trinajstić information content (AvgIpc) is 1.65. The van der Waals surface area contributed by atoms with Crippen molar-refractivity contribution in [3.63, 3.8) is 0 Å². The third-order valence-electron chi connectivity index (χ3n) is 21.8. The molecule has 0 bridgehead atoms. The number of nitrogens with zero attached hydrogens (tertiary/aromatic N) is 5. The third kappa shape index (κ3) is 25.1. The van der Waals surface area contributed by atoms with Gasteiger partial charge in [0.25, 0.3) is 0 Å². The molecule has 39 nitrogen and oxygen atoms in total. The van der Waals surface area contributed by atoms with Gasteiger partial charge in [0.2, 0.25) is 88.6 Å². The molecule has 39 heteroatoms. The Kier molecular flexibility index (Phi) is 33.7. The summed E-state index contributed by atoms with van der Waals surface area (Å²) in [5.41, 5.74) is 13.1. The van der Waals surface area contributed by atoms with E-state index in [-0.39, 0.29) is 108 Å². The smallest absolute Gasteiger partial charge is 0.326 e. The van der Waals surface area contributed by atoms with Gasteiger partial charge in [0, 0.05) is 62.7 Å². The maximum Gasteiger partial charge on any atom is 0.326 e. The number of carboxylic acid groups (broad SMARTS) is 1. The lowest BCUT2D eigenvalue weighted by molar-refractivity contribution is -0.149. The second kappa shape index (κ2) is 43.2. The Bertz CT molecular complexity index is 4150. The number of rotatable bonds is 39. The lowest BCUT2D eigenvalue weighted by atomic mass is 9.99. The minimum Gasteiger partial charge on any atom is -0.480 e. The predicted octanol–water partition coefficient (Wildman–Crippen LogP) is -4.34. The Balaban J connectivity index is 0.882. The first-order valence-electron chi connectivity index (χ1n) is 40.5. The summed E-state index contributed by atoms with van der Waals surface area (Å²) in [6.45, 7) is 11.9. The molecule has 0 saturated carbocycles. The second-order valence-electron chi connectivity index (χ2n) is 31.5. The van der Waals surface area contributed by atoms with Crippen LogP contribution in [0.25, 0.3) is 10.9 Å². The number of hydrogen-bond donors (Lipinski definition) is 18. The van der Waals surface area contributed by atoms with Gasteiger partial charge in [0.1, 0.15) is 84.6 Å². The monoisotopic (exact) mass is 1650 g/mol. The highest BCUT2D eigenvalue weighted by atomic mass is 16.4. The van der Waals surface area contributed by atoms with Gasteiger partial charge in [-0.25, -0.2) is 4.79 Å². The van der Waals surface area contributed by atoms with E-state index >= 15 is 0 Å². The summed E-state index contributed by atoms with van der Waals surface area (Å²) in [6, 6.07) is -2.86. The molecule has 6 heterocycles. The second-order valence-corrected chi connectivity index (χ2v) is 31.5. The molecule has 118 heavy (non-hydrogen) atoms. The van der Waals surface area contributed by atoms with Crippen molar-refractivity contribution >= 4 is 111 Å². The number of aliphatic imine (C=N–C) groups is 1. The van der Waals surface area contributed by atoms with Gasteiger partial charge in [-0.2, -0.15) is 0 Å². The lowest BCUT2D eigenvalue weighted by Gasteiger charge is -2.31. The number of nitrogens with two attached hydrogens (primary N) is 2. The number of aliphatic hydroxyl groups is 2. The molecule has 0 aliphatic carbocycles. The van der Waals surface area contributed by atoms with Crippen LogP contribution < -0.4 is 75.3 Å². The van der Waals surface area contributed by atoms with Gasteiger partial charge in [-0.05, 0) is 155 Å². The highest BCUT2D eigenvalue weighted by Crippen LogP contribution is 2.26. The standard InChI is InChI=1S/C79H116N20O19/c1-41(2)36-54(69(108)95-62(46(7)100)73(112)88-44(5)65(104)90-53(25-15-31-83-79(80)81)75(114)97-33-17-27-58(97)71(110)87-43(4)66(105)93-56(37-48-20-10-9-11-21-48)76(115)99-35-19-29-60(99)78(117)118)91-68(107)55(38-49-39-84-51-23-13-12-22-50(49)51)92-72(111)59-28-18-34-98(59)77(116)63(47(8)101)94-61(102)40-85-64(103)42(3)86-70(109)57-26-16-32-96(57)74(113)45(6)89-67(106)52-24-14-30-82-52/h9-13,20-23,39,41-47,52-60,62-63,82,84,100-101H,14-19,24-38,40H2,1-8H3,(H,85,103)(H,86,109)(H,87,110)(H,88,112)(H,89,106)(H,90,104)(H,91,107)(H,92,111)(H,93,105)(H,94,102)(H,95,108)(H,117,118)(H4,80,81,83)/t42-,43-,44-,45-,46+,47+,52-,53-,54-,55-,56-,57-,58-,59-,60-,62-,63-/m0/s1. The van der Waals surface area contributed by atoms with E-state index in [4.69, 9.17) is 11.5 Å².